The van der Waals surface area contributed by atoms with Crippen molar-refractivity contribution >= 4 is 22.3 Å². The molecular formula is C12H10N4O2S. The van der Waals surface area contributed by atoms with Crippen LogP contribution in [0.5, 0.6) is 0 Å². The minimum Gasteiger partial charge on any atom is -0.481 e. The summed E-state index contributed by atoms with van der Waals surface area (Å²) in [6.45, 7) is 0. The van der Waals surface area contributed by atoms with Crippen molar-refractivity contribution in [2.75, 3.05) is 0 Å². The molecule has 0 bridgehead atoms. The van der Waals surface area contributed by atoms with Gasteiger partial charge >= 0.3 is 5.97 Å². The molecule has 0 saturated carbocycles. The highest BCUT2D eigenvalue weighted by atomic mass is 32.1. The van der Waals surface area contributed by atoms with Gasteiger partial charge in [0, 0.05) is 24.4 Å². The molecule has 3 rings (SSSR count). The first-order chi connectivity index (χ1) is 9.22. The molecule has 0 amide bonds. The third-order valence-corrected chi connectivity index (χ3v) is 3.57. The fourth-order valence-electron chi connectivity index (χ4n) is 1.71. The molecule has 0 aliphatic heterocycles. The molecule has 6 nitrogen and oxygen atoms in total. The molecule has 96 valence electrons. The molecule has 7 heteroatoms. The number of carbonyl (C=O) groups is 1. The van der Waals surface area contributed by atoms with Crippen LogP contribution in [0.25, 0.3) is 15.5 Å². The lowest BCUT2D eigenvalue weighted by molar-refractivity contribution is -0.136. The van der Waals surface area contributed by atoms with Crippen molar-refractivity contribution in [2.24, 2.45) is 0 Å². The Hall–Kier alpha value is -2.28. The number of carboxylic acids is 1. The van der Waals surface area contributed by atoms with Gasteiger partial charge in [-0.15, -0.1) is 0 Å². The summed E-state index contributed by atoms with van der Waals surface area (Å²) in [5.74, 6) is -0.819. The predicted octanol–water partition coefficient (Wildman–Crippen LogP) is 1.87. The number of aromatic nitrogens is 4. The zero-order valence-corrected chi connectivity index (χ0v) is 10.7. The second-order valence-electron chi connectivity index (χ2n) is 4.00. The molecule has 0 aliphatic rings. The van der Waals surface area contributed by atoms with E-state index >= 15 is 0 Å². The number of pyridine rings is 1. The molecule has 3 heterocycles. The summed E-state index contributed by atoms with van der Waals surface area (Å²) >= 11 is 1.46. The van der Waals surface area contributed by atoms with Gasteiger partial charge in [0.15, 0.2) is 0 Å². The van der Waals surface area contributed by atoms with Crippen LogP contribution in [-0.4, -0.2) is 30.7 Å². The second-order valence-corrected chi connectivity index (χ2v) is 4.96. The van der Waals surface area contributed by atoms with Crippen molar-refractivity contribution in [3.63, 3.8) is 0 Å². The number of hydrogen-bond acceptors (Lipinski definition) is 5. The first-order valence-corrected chi connectivity index (χ1v) is 6.51. The van der Waals surface area contributed by atoms with E-state index in [-0.39, 0.29) is 6.42 Å². The highest BCUT2D eigenvalue weighted by Gasteiger charge is 2.10. The Labute approximate surface area is 112 Å². The Balaban J connectivity index is 1.87. The standard InChI is InChI=1S/C12H10N4O2S/c17-10(18)4-3-9-7-16-12(14-9)19-11(15-16)8-2-1-5-13-6-8/h1-2,5-7H,3-4H2,(H,17,18). The summed E-state index contributed by atoms with van der Waals surface area (Å²) in [5, 5.41) is 13.9. The number of imidazole rings is 1. The van der Waals surface area contributed by atoms with Gasteiger partial charge in [-0.25, -0.2) is 9.50 Å². The Bertz CT molecular complexity index is 688. The van der Waals surface area contributed by atoms with Crippen LogP contribution in [0.3, 0.4) is 0 Å². The van der Waals surface area contributed by atoms with Gasteiger partial charge in [0.25, 0.3) is 0 Å². The van der Waals surface area contributed by atoms with Gasteiger partial charge in [-0.05, 0) is 12.1 Å². The second kappa shape index (κ2) is 4.77. The number of hydrogen-bond donors (Lipinski definition) is 1. The molecule has 0 aromatic carbocycles. The minimum atomic E-state index is -0.819. The fourth-order valence-corrected chi connectivity index (χ4v) is 2.60. The van der Waals surface area contributed by atoms with E-state index in [1.807, 2.05) is 12.1 Å². The van der Waals surface area contributed by atoms with Crippen LogP contribution in [0.2, 0.25) is 0 Å². The van der Waals surface area contributed by atoms with E-state index in [0.717, 1.165) is 21.2 Å². The lowest BCUT2D eigenvalue weighted by Gasteiger charge is -1.92. The highest BCUT2D eigenvalue weighted by Crippen LogP contribution is 2.24. The summed E-state index contributed by atoms with van der Waals surface area (Å²) in [4.78, 5) is 19.7. The highest BCUT2D eigenvalue weighted by molar-refractivity contribution is 7.19. The average molecular weight is 274 g/mol. The van der Waals surface area contributed by atoms with Crippen LogP contribution in [0.1, 0.15) is 12.1 Å². The van der Waals surface area contributed by atoms with Crippen LogP contribution >= 0.6 is 11.3 Å². The molecule has 0 saturated heterocycles. The summed E-state index contributed by atoms with van der Waals surface area (Å²) in [7, 11) is 0. The fraction of sp³-hybridized carbons (Fsp3) is 0.167. The van der Waals surface area contributed by atoms with Crippen molar-refractivity contribution < 1.29 is 9.90 Å². The predicted molar refractivity (Wildman–Crippen MR) is 70.1 cm³/mol. The van der Waals surface area contributed by atoms with Crippen LogP contribution in [0.15, 0.2) is 30.7 Å². The van der Waals surface area contributed by atoms with Crippen LogP contribution in [0, 0.1) is 0 Å². The average Bonchev–Trinajstić information content (AvgIpc) is 2.95. The van der Waals surface area contributed by atoms with Gasteiger partial charge in [-0.2, -0.15) is 5.10 Å². The Kier molecular flexibility index (Phi) is 2.96. The van der Waals surface area contributed by atoms with Crippen molar-refractivity contribution in [3.05, 3.63) is 36.4 Å². The number of aryl methyl sites for hydroxylation is 1. The maximum Gasteiger partial charge on any atom is 0.303 e. The number of rotatable bonds is 4. The Morgan fingerprint density at radius 3 is 3.05 bits per heavy atom. The van der Waals surface area contributed by atoms with Gasteiger partial charge < -0.3 is 5.11 Å². The lowest BCUT2D eigenvalue weighted by atomic mass is 10.2. The summed E-state index contributed by atoms with van der Waals surface area (Å²) in [6.07, 6.45) is 5.75. The Morgan fingerprint density at radius 2 is 2.37 bits per heavy atom. The van der Waals surface area contributed by atoms with Crippen LogP contribution in [-0.2, 0) is 11.2 Å². The summed E-state index contributed by atoms with van der Waals surface area (Å²) in [5.41, 5.74) is 1.70. The minimum absolute atomic E-state index is 0.0836. The van der Waals surface area contributed by atoms with Crippen molar-refractivity contribution in [2.45, 2.75) is 12.8 Å². The SMILES string of the molecule is O=C(O)CCc1cn2nc(-c3cccnc3)sc2n1. The lowest BCUT2D eigenvalue weighted by Crippen LogP contribution is -1.97. The molecule has 0 fully saturated rings. The quantitative estimate of drug-likeness (QED) is 0.785. The van der Waals surface area contributed by atoms with Gasteiger partial charge in [0.05, 0.1) is 18.3 Å². The monoisotopic (exact) mass is 274 g/mol. The van der Waals surface area contributed by atoms with E-state index in [1.165, 1.54) is 11.3 Å². The molecular weight excluding hydrogens is 264 g/mol. The topological polar surface area (TPSA) is 80.4 Å². The van der Waals surface area contributed by atoms with Gasteiger partial charge in [0.1, 0.15) is 5.01 Å². The number of aliphatic carboxylic acids is 1. The summed E-state index contributed by atoms with van der Waals surface area (Å²) < 4.78 is 1.68. The zero-order valence-electron chi connectivity index (χ0n) is 9.85. The van der Waals surface area contributed by atoms with E-state index in [0.29, 0.717) is 6.42 Å². The molecule has 19 heavy (non-hydrogen) atoms. The van der Waals surface area contributed by atoms with Crippen molar-refractivity contribution in [3.8, 4) is 10.6 Å². The largest absolute Gasteiger partial charge is 0.481 e. The molecule has 1 N–H and O–H groups in total. The smallest absolute Gasteiger partial charge is 0.303 e. The first-order valence-electron chi connectivity index (χ1n) is 5.69. The molecule has 0 atom stereocenters. The van der Waals surface area contributed by atoms with E-state index < -0.39 is 5.97 Å². The molecule has 3 aromatic heterocycles. The van der Waals surface area contributed by atoms with Gasteiger partial charge in [0.2, 0.25) is 4.96 Å². The van der Waals surface area contributed by atoms with E-state index in [9.17, 15) is 4.79 Å². The maximum atomic E-state index is 10.5. The number of fused-ring (bicyclic) bond motifs is 1. The normalized spacial score (nSPS) is 10.9. The van der Waals surface area contributed by atoms with Crippen molar-refractivity contribution in [1.29, 1.82) is 0 Å². The Morgan fingerprint density at radius 1 is 1.47 bits per heavy atom. The van der Waals surface area contributed by atoms with Crippen LogP contribution < -0.4 is 0 Å². The summed E-state index contributed by atoms with van der Waals surface area (Å²) in [6, 6.07) is 3.80. The number of carboxylic acid groups (broad SMARTS) is 1. The third kappa shape index (κ3) is 2.45. The number of nitrogens with zero attached hydrogens (tertiary/aromatic N) is 4. The molecule has 0 unspecified atom stereocenters. The molecule has 0 aliphatic carbocycles. The van der Waals surface area contributed by atoms with Crippen molar-refractivity contribution in [1.82, 2.24) is 19.6 Å². The maximum absolute atomic E-state index is 10.5. The van der Waals surface area contributed by atoms with E-state index in [1.54, 1.807) is 23.1 Å². The molecule has 3 aromatic rings. The van der Waals surface area contributed by atoms with Crippen LogP contribution in [0.4, 0.5) is 0 Å². The molecule has 0 radical (unpaired) electrons. The third-order valence-electron chi connectivity index (χ3n) is 2.60. The van der Waals surface area contributed by atoms with Gasteiger partial charge in [-0.3, -0.25) is 9.78 Å². The first kappa shape index (κ1) is 11.8. The van der Waals surface area contributed by atoms with E-state index in [4.69, 9.17) is 5.11 Å². The van der Waals surface area contributed by atoms with Gasteiger partial charge in [-0.1, -0.05) is 11.3 Å². The molecule has 0 spiro atoms. The zero-order chi connectivity index (χ0) is 13.2. The van der Waals surface area contributed by atoms with E-state index in [2.05, 4.69) is 15.1 Å².